The Kier molecular flexibility index (Phi) is 3.42. The first-order valence-electron chi connectivity index (χ1n) is 5.90. The molecule has 2 unspecified atom stereocenters. The molecule has 0 aromatic carbocycles. The van der Waals surface area contributed by atoms with Crippen molar-refractivity contribution in [2.75, 3.05) is 6.54 Å². The van der Waals surface area contributed by atoms with E-state index in [0.29, 0.717) is 24.7 Å². The number of aliphatic carboxylic acids is 1. The van der Waals surface area contributed by atoms with Gasteiger partial charge in [0.15, 0.2) is 0 Å². The van der Waals surface area contributed by atoms with E-state index in [1.807, 2.05) is 13.8 Å². The molecule has 1 fully saturated rings. The summed E-state index contributed by atoms with van der Waals surface area (Å²) in [5, 5.41) is 16.9. The van der Waals surface area contributed by atoms with Gasteiger partial charge < -0.3 is 9.52 Å². The highest BCUT2D eigenvalue weighted by Crippen LogP contribution is 2.25. The average Bonchev–Trinajstić information content (AvgIpc) is 2.87. The Morgan fingerprint density at radius 3 is 2.76 bits per heavy atom. The van der Waals surface area contributed by atoms with Gasteiger partial charge >= 0.3 is 5.97 Å². The molecule has 0 radical (unpaired) electrons. The Bertz CT molecular complexity index is 404. The van der Waals surface area contributed by atoms with Crippen molar-refractivity contribution in [1.29, 1.82) is 0 Å². The van der Waals surface area contributed by atoms with Crippen LogP contribution >= 0.6 is 0 Å². The maximum atomic E-state index is 11.0. The summed E-state index contributed by atoms with van der Waals surface area (Å²) >= 11 is 0. The zero-order chi connectivity index (χ0) is 12.4. The third-order valence-electron chi connectivity index (χ3n) is 3.35. The lowest BCUT2D eigenvalue weighted by Crippen LogP contribution is -2.32. The molecule has 0 aliphatic carbocycles. The fourth-order valence-electron chi connectivity index (χ4n) is 2.23. The van der Waals surface area contributed by atoms with E-state index in [9.17, 15) is 4.79 Å². The van der Waals surface area contributed by atoms with Gasteiger partial charge in [0.05, 0.1) is 12.5 Å². The topological polar surface area (TPSA) is 79.5 Å². The van der Waals surface area contributed by atoms with Crippen molar-refractivity contribution in [3.63, 3.8) is 0 Å². The summed E-state index contributed by atoms with van der Waals surface area (Å²) in [4.78, 5) is 13.1. The van der Waals surface area contributed by atoms with Gasteiger partial charge in [0.1, 0.15) is 0 Å². The van der Waals surface area contributed by atoms with Crippen molar-refractivity contribution in [2.24, 2.45) is 5.92 Å². The molecular formula is C11H17N3O3. The van der Waals surface area contributed by atoms with Crippen molar-refractivity contribution in [3.05, 3.63) is 11.8 Å². The average molecular weight is 239 g/mol. The molecule has 0 spiro atoms. The van der Waals surface area contributed by atoms with Crippen LogP contribution in [0.15, 0.2) is 4.42 Å². The third kappa shape index (κ3) is 2.46. The lowest BCUT2D eigenvalue weighted by Gasteiger charge is -2.20. The molecular weight excluding hydrogens is 222 g/mol. The van der Waals surface area contributed by atoms with Gasteiger partial charge in [0, 0.05) is 12.5 Å². The summed E-state index contributed by atoms with van der Waals surface area (Å²) in [5.41, 5.74) is 0. The molecule has 0 saturated carbocycles. The number of hydrogen-bond donors (Lipinski definition) is 1. The van der Waals surface area contributed by atoms with Crippen LogP contribution in [0.1, 0.15) is 32.0 Å². The Morgan fingerprint density at radius 1 is 1.53 bits per heavy atom. The monoisotopic (exact) mass is 239 g/mol. The van der Waals surface area contributed by atoms with Gasteiger partial charge in [-0.05, 0) is 19.9 Å². The molecule has 17 heavy (non-hydrogen) atoms. The van der Waals surface area contributed by atoms with E-state index in [0.717, 1.165) is 13.0 Å². The first kappa shape index (κ1) is 12.0. The summed E-state index contributed by atoms with van der Waals surface area (Å²) < 4.78 is 5.43. The summed E-state index contributed by atoms with van der Waals surface area (Å²) in [6.45, 7) is 5.19. The summed E-state index contributed by atoms with van der Waals surface area (Å²) in [7, 11) is 0. The van der Waals surface area contributed by atoms with Gasteiger partial charge in [-0.3, -0.25) is 9.69 Å². The number of aryl methyl sites for hydroxylation is 1. The zero-order valence-electron chi connectivity index (χ0n) is 10.1. The molecule has 1 aliphatic rings. The SMILES string of the molecule is CCc1nnc(CN2CCC(C(=O)O)C2C)o1. The number of hydrogen-bond acceptors (Lipinski definition) is 5. The lowest BCUT2D eigenvalue weighted by molar-refractivity contribution is -0.142. The molecule has 2 rings (SSSR count). The Hall–Kier alpha value is -1.43. The van der Waals surface area contributed by atoms with Crippen LogP contribution < -0.4 is 0 Å². The fraction of sp³-hybridized carbons (Fsp3) is 0.727. The van der Waals surface area contributed by atoms with E-state index >= 15 is 0 Å². The van der Waals surface area contributed by atoms with E-state index in [2.05, 4.69) is 15.1 Å². The van der Waals surface area contributed by atoms with Crippen molar-refractivity contribution in [2.45, 2.75) is 39.3 Å². The van der Waals surface area contributed by atoms with E-state index in [-0.39, 0.29) is 12.0 Å². The molecule has 2 heterocycles. The van der Waals surface area contributed by atoms with Crippen molar-refractivity contribution in [3.8, 4) is 0 Å². The molecule has 0 bridgehead atoms. The highest BCUT2D eigenvalue weighted by atomic mass is 16.4. The molecule has 6 heteroatoms. The van der Waals surface area contributed by atoms with E-state index in [1.165, 1.54) is 0 Å². The molecule has 1 aliphatic heterocycles. The van der Waals surface area contributed by atoms with E-state index in [4.69, 9.17) is 9.52 Å². The van der Waals surface area contributed by atoms with Crippen LogP contribution in [-0.4, -0.2) is 38.8 Å². The summed E-state index contributed by atoms with van der Waals surface area (Å²) in [5.74, 6) is 0.185. The molecule has 1 aromatic rings. The number of carboxylic acid groups (broad SMARTS) is 1. The van der Waals surface area contributed by atoms with Crippen LogP contribution in [0.5, 0.6) is 0 Å². The van der Waals surface area contributed by atoms with Crippen LogP contribution in [0.4, 0.5) is 0 Å². The number of nitrogens with zero attached hydrogens (tertiary/aromatic N) is 3. The predicted molar refractivity (Wildman–Crippen MR) is 59.3 cm³/mol. The summed E-state index contributed by atoms with van der Waals surface area (Å²) in [6, 6.07) is 0.0180. The smallest absolute Gasteiger partial charge is 0.308 e. The standard InChI is InChI=1S/C11H17N3O3/c1-3-9-12-13-10(17-9)6-14-5-4-8(7(14)2)11(15)16/h7-8H,3-6H2,1-2H3,(H,15,16). The fourth-order valence-corrected chi connectivity index (χ4v) is 2.23. The van der Waals surface area contributed by atoms with Crippen LogP contribution in [-0.2, 0) is 17.8 Å². The minimum Gasteiger partial charge on any atom is -0.481 e. The predicted octanol–water partition coefficient (Wildman–Crippen LogP) is 0.927. The molecule has 1 aromatic heterocycles. The van der Waals surface area contributed by atoms with Crippen LogP contribution in [0.25, 0.3) is 0 Å². The molecule has 6 nitrogen and oxygen atoms in total. The van der Waals surface area contributed by atoms with Gasteiger partial charge in [-0.2, -0.15) is 0 Å². The van der Waals surface area contributed by atoms with E-state index < -0.39 is 5.97 Å². The third-order valence-corrected chi connectivity index (χ3v) is 3.35. The van der Waals surface area contributed by atoms with Crippen LogP contribution in [0.3, 0.4) is 0 Å². The largest absolute Gasteiger partial charge is 0.481 e. The highest BCUT2D eigenvalue weighted by molar-refractivity contribution is 5.71. The quantitative estimate of drug-likeness (QED) is 0.841. The maximum absolute atomic E-state index is 11.0. The minimum absolute atomic E-state index is 0.0180. The number of carboxylic acids is 1. The molecule has 94 valence electrons. The number of likely N-dealkylation sites (tertiary alicyclic amines) is 1. The second kappa shape index (κ2) is 4.83. The molecule has 1 saturated heterocycles. The second-order valence-corrected chi connectivity index (χ2v) is 4.39. The highest BCUT2D eigenvalue weighted by Gasteiger charge is 2.36. The van der Waals surface area contributed by atoms with Crippen LogP contribution in [0.2, 0.25) is 0 Å². The minimum atomic E-state index is -0.722. The van der Waals surface area contributed by atoms with Crippen molar-refractivity contribution < 1.29 is 14.3 Å². The first-order chi connectivity index (χ1) is 8.11. The maximum Gasteiger partial charge on any atom is 0.308 e. The first-order valence-corrected chi connectivity index (χ1v) is 5.90. The van der Waals surface area contributed by atoms with Crippen molar-refractivity contribution >= 4 is 5.97 Å². The zero-order valence-corrected chi connectivity index (χ0v) is 10.1. The van der Waals surface area contributed by atoms with Gasteiger partial charge in [0.25, 0.3) is 0 Å². The Labute approximate surface area is 99.6 Å². The number of aromatic nitrogens is 2. The molecule has 2 atom stereocenters. The number of rotatable bonds is 4. The van der Waals surface area contributed by atoms with Crippen LogP contribution in [0, 0.1) is 5.92 Å². The normalized spacial score (nSPS) is 25.3. The van der Waals surface area contributed by atoms with Gasteiger partial charge in [0.2, 0.25) is 11.8 Å². The summed E-state index contributed by atoms with van der Waals surface area (Å²) in [6.07, 6.45) is 1.41. The Balaban J connectivity index is 1.98. The molecule has 0 amide bonds. The van der Waals surface area contributed by atoms with Gasteiger partial charge in [-0.1, -0.05) is 6.92 Å². The Morgan fingerprint density at radius 2 is 2.24 bits per heavy atom. The lowest BCUT2D eigenvalue weighted by atomic mass is 10.0. The second-order valence-electron chi connectivity index (χ2n) is 4.39. The molecule has 1 N–H and O–H groups in total. The van der Waals surface area contributed by atoms with Crippen molar-refractivity contribution in [1.82, 2.24) is 15.1 Å². The van der Waals surface area contributed by atoms with Gasteiger partial charge in [-0.15, -0.1) is 10.2 Å². The van der Waals surface area contributed by atoms with Gasteiger partial charge in [-0.25, -0.2) is 0 Å². The van der Waals surface area contributed by atoms with E-state index in [1.54, 1.807) is 0 Å². The number of carbonyl (C=O) groups is 1.